The van der Waals surface area contributed by atoms with Gasteiger partial charge in [0.15, 0.2) is 0 Å². The van der Waals surface area contributed by atoms with Crippen LogP contribution in [0.25, 0.3) is 0 Å². The monoisotopic (exact) mass is 388 g/mol. The highest BCUT2D eigenvalue weighted by Crippen LogP contribution is 2.34. The zero-order valence-corrected chi connectivity index (χ0v) is 17.2. The van der Waals surface area contributed by atoms with Gasteiger partial charge in [-0.05, 0) is 24.3 Å². The standard InChI is InChI=1S/C22H29ClN2O2/c1-16-4-6-17(7-5-16)20(25-10-12-27-13-11-25)15-24-21(26)18-14-22(2,3)9-8-19(18)23/h4-8,14,20H,9-13,15H2,1-3H3,(H,24,26). The van der Waals surface area contributed by atoms with Gasteiger partial charge in [0.2, 0.25) is 0 Å². The van der Waals surface area contributed by atoms with Gasteiger partial charge in [-0.25, -0.2) is 0 Å². The molecule has 4 nitrogen and oxygen atoms in total. The van der Waals surface area contributed by atoms with E-state index in [0.29, 0.717) is 17.2 Å². The fourth-order valence-electron chi connectivity index (χ4n) is 3.58. The lowest BCUT2D eigenvalue weighted by Crippen LogP contribution is -2.44. The van der Waals surface area contributed by atoms with Gasteiger partial charge in [-0.15, -0.1) is 0 Å². The minimum atomic E-state index is -0.102. The Hall–Kier alpha value is -1.62. The summed E-state index contributed by atoms with van der Waals surface area (Å²) in [5.74, 6) is -0.102. The fourth-order valence-corrected chi connectivity index (χ4v) is 3.79. The van der Waals surface area contributed by atoms with E-state index in [4.69, 9.17) is 16.3 Å². The summed E-state index contributed by atoms with van der Waals surface area (Å²) in [6.45, 7) is 10.0. The highest BCUT2D eigenvalue weighted by molar-refractivity contribution is 6.35. The molecule has 5 heteroatoms. The average molecular weight is 389 g/mol. The first-order chi connectivity index (χ1) is 12.9. The summed E-state index contributed by atoms with van der Waals surface area (Å²) in [5.41, 5.74) is 2.97. The predicted molar refractivity (Wildman–Crippen MR) is 110 cm³/mol. The topological polar surface area (TPSA) is 41.6 Å². The Balaban J connectivity index is 1.74. The number of morpholine rings is 1. The van der Waals surface area contributed by atoms with Crippen molar-refractivity contribution in [1.29, 1.82) is 0 Å². The molecule has 2 aliphatic rings. The number of hydrogen-bond donors (Lipinski definition) is 1. The Morgan fingerprint density at radius 2 is 1.93 bits per heavy atom. The van der Waals surface area contributed by atoms with E-state index >= 15 is 0 Å². The first-order valence-electron chi connectivity index (χ1n) is 9.61. The fraction of sp³-hybridized carbons (Fsp3) is 0.500. The molecular formula is C22H29ClN2O2. The third-order valence-corrected chi connectivity index (χ3v) is 5.61. The molecule has 1 N–H and O–H groups in total. The van der Waals surface area contributed by atoms with Crippen molar-refractivity contribution in [2.75, 3.05) is 32.8 Å². The quantitative estimate of drug-likeness (QED) is 0.829. The second-order valence-electron chi connectivity index (χ2n) is 8.09. The molecule has 1 heterocycles. The Morgan fingerprint density at radius 1 is 1.26 bits per heavy atom. The SMILES string of the molecule is Cc1ccc(C(CNC(=O)C2=CC(C)(C)CC=C2Cl)N2CCOCC2)cc1. The van der Waals surface area contributed by atoms with E-state index in [2.05, 4.69) is 55.3 Å². The van der Waals surface area contributed by atoms with Gasteiger partial charge in [-0.1, -0.05) is 67.4 Å². The largest absolute Gasteiger partial charge is 0.379 e. The molecule has 1 aromatic rings. The summed E-state index contributed by atoms with van der Waals surface area (Å²) >= 11 is 6.31. The maximum atomic E-state index is 12.8. The van der Waals surface area contributed by atoms with Crippen LogP contribution >= 0.6 is 11.6 Å². The summed E-state index contributed by atoms with van der Waals surface area (Å²) < 4.78 is 5.50. The third kappa shape index (κ3) is 5.22. The first kappa shape index (κ1) is 20.1. The van der Waals surface area contributed by atoms with Crippen LogP contribution in [0.5, 0.6) is 0 Å². The molecule has 1 aliphatic heterocycles. The number of nitrogens with zero attached hydrogens (tertiary/aromatic N) is 1. The van der Waals surface area contributed by atoms with Crippen molar-refractivity contribution >= 4 is 17.5 Å². The van der Waals surface area contributed by atoms with Crippen molar-refractivity contribution in [1.82, 2.24) is 10.2 Å². The van der Waals surface area contributed by atoms with Gasteiger partial charge in [0, 0.05) is 24.7 Å². The average Bonchev–Trinajstić information content (AvgIpc) is 2.66. The van der Waals surface area contributed by atoms with Gasteiger partial charge in [-0.3, -0.25) is 9.69 Å². The Kier molecular flexibility index (Phi) is 6.40. The number of halogens is 1. The van der Waals surface area contributed by atoms with Gasteiger partial charge in [0.05, 0.1) is 24.8 Å². The Morgan fingerprint density at radius 3 is 2.59 bits per heavy atom. The van der Waals surface area contributed by atoms with Crippen LogP contribution in [0, 0.1) is 12.3 Å². The van der Waals surface area contributed by atoms with Crippen LogP contribution in [-0.2, 0) is 9.53 Å². The number of aryl methyl sites for hydroxylation is 1. The number of amides is 1. The minimum Gasteiger partial charge on any atom is -0.379 e. The maximum absolute atomic E-state index is 12.8. The van der Waals surface area contributed by atoms with E-state index in [1.54, 1.807) is 0 Å². The summed E-state index contributed by atoms with van der Waals surface area (Å²) in [6.07, 6.45) is 4.78. The molecule has 0 saturated carbocycles. The van der Waals surface area contributed by atoms with Crippen LogP contribution in [0.2, 0.25) is 0 Å². The van der Waals surface area contributed by atoms with Crippen molar-refractivity contribution in [2.45, 2.75) is 33.2 Å². The molecule has 1 fully saturated rings. The molecule has 1 aliphatic carbocycles. The number of allylic oxidation sites excluding steroid dienone is 2. The molecule has 1 atom stereocenters. The predicted octanol–water partition coefficient (Wildman–Crippen LogP) is 3.96. The molecule has 0 aromatic heterocycles. The lowest BCUT2D eigenvalue weighted by molar-refractivity contribution is -0.117. The number of ether oxygens (including phenoxy) is 1. The third-order valence-electron chi connectivity index (χ3n) is 5.25. The molecule has 0 bridgehead atoms. The van der Waals surface area contributed by atoms with Crippen LogP contribution in [-0.4, -0.2) is 43.7 Å². The minimum absolute atomic E-state index is 0.0500. The molecule has 1 unspecified atom stereocenters. The van der Waals surface area contributed by atoms with Crippen LogP contribution in [0.3, 0.4) is 0 Å². The molecular weight excluding hydrogens is 360 g/mol. The van der Waals surface area contributed by atoms with E-state index < -0.39 is 0 Å². The van der Waals surface area contributed by atoms with Crippen LogP contribution in [0.15, 0.2) is 47.0 Å². The molecule has 0 radical (unpaired) electrons. The zero-order valence-electron chi connectivity index (χ0n) is 16.4. The van der Waals surface area contributed by atoms with E-state index in [0.717, 1.165) is 32.7 Å². The van der Waals surface area contributed by atoms with Crippen LogP contribution in [0.1, 0.15) is 37.4 Å². The Labute approximate surface area is 167 Å². The van der Waals surface area contributed by atoms with Gasteiger partial charge in [-0.2, -0.15) is 0 Å². The van der Waals surface area contributed by atoms with Crippen molar-refractivity contribution < 1.29 is 9.53 Å². The molecule has 1 amide bonds. The second-order valence-corrected chi connectivity index (χ2v) is 8.49. The maximum Gasteiger partial charge on any atom is 0.252 e. The van der Waals surface area contributed by atoms with Crippen LogP contribution < -0.4 is 5.32 Å². The number of carbonyl (C=O) groups excluding carboxylic acids is 1. The zero-order chi connectivity index (χ0) is 19.4. The molecule has 0 spiro atoms. The van der Waals surface area contributed by atoms with Gasteiger partial charge < -0.3 is 10.1 Å². The number of carbonyl (C=O) groups is 1. The lowest BCUT2D eigenvalue weighted by atomic mass is 9.83. The summed E-state index contributed by atoms with van der Waals surface area (Å²) in [5, 5.41) is 3.66. The van der Waals surface area contributed by atoms with Crippen molar-refractivity contribution in [3.05, 3.63) is 58.1 Å². The molecule has 3 rings (SSSR count). The number of benzene rings is 1. The Bertz CT molecular complexity index is 731. The normalized spacial score (nSPS) is 21.2. The van der Waals surface area contributed by atoms with Gasteiger partial charge in [0.25, 0.3) is 5.91 Å². The molecule has 27 heavy (non-hydrogen) atoms. The number of nitrogens with one attached hydrogen (secondary N) is 1. The highest BCUT2D eigenvalue weighted by Gasteiger charge is 2.27. The van der Waals surface area contributed by atoms with E-state index in [1.165, 1.54) is 11.1 Å². The highest BCUT2D eigenvalue weighted by atomic mass is 35.5. The van der Waals surface area contributed by atoms with Crippen LogP contribution in [0.4, 0.5) is 0 Å². The van der Waals surface area contributed by atoms with Gasteiger partial charge in [0.1, 0.15) is 0 Å². The van der Waals surface area contributed by atoms with E-state index in [9.17, 15) is 4.79 Å². The number of rotatable bonds is 5. The summed E-state index contributed by atoms with van der Waals surface area (Å²) in [7, 11) is 0. The second kappa shape index (κ2) is 8.59. The van der Waals surface area contributed by atoms with Crippen molar-refractivity contribution in [3.8, 4) is 0 Å². The molecule has 1 aromatic carbocycles. The lowest BCUT2D eigenvalue weighted by Gasteiger charge is -2.35. The van der Waals surface area contributed by atoms with E-state index in [1.807, 2.05) is 12.2 Å². The molecule has 1 saturated heterocycles. The van der Waals surface area contributed by atoms with Crippen molar-refractivity contribution in [2.24, 2.45) is 5.41 Å². The summed E-state index contributed by atoms with van der Waals surface area (Å²) in [6, 6.07) is 8.67. The smallest absolute Gasteiger partial charge is 0.252 e. The van der Waals surface area contributed by atoms with E-state index in [-0.39, 0.29) is 17.4 Å². The summed E-state index contributed by atoms with van der Waals surface area (Å²) in [4.78, 5) is 15.2. The van der Waals surface area contributed by atoms with Crippen molar-refractivity contribution in [3.63, 3.8) is 0 Å². The first-order valence-corrected chi connectivity index (χ1v) is 9.99. The van der Waals surface area contributed by atoms with Gasteiger partial charge >= 0.3 is 0 Å². The molecule has 146 valence electrons. The number of hydrogen-bond acceptors (Lipinski definition) is 3.